The number of benzene rings is 3. The molecule has 5 rings (SSSR count). The van der Waals surface area contributed by atoms with E-state index in [0.29, 0.717) is 34.6 Å². The molecule has 0 fully saturated rings. The second-order valence-electron chi connectivity index (χ2n) is 12.7. The highest BCUT2D eigenvalue weighted by molar-refractivity contribution is 6.12. The summed E-state index contributed by atoms with van der Waals surface area (Å²) in [5.74, 6) is -1.15. The highest BCUT2D eigenvalue weighted by Gasteiger charge is 2.31. The van der Waals surface area contributed by atoms with Gasteiger partial charge in [-0.2, -0.15) is 0 Å². The second kappa shape index (κ2) is 17.9. The van der Waals surface area contributed by atoms with Crippen molar-refractivity contribution >= 4 is 23.2 Å². The molecule has 4 N–H and O–H groups in total. The number of halogens is 1. The van der Waals surface area contributed by atoms with Gasteiger partial charge in [-0.3, -0.25) is 9.59 Å². The minimum Gasteiger partial charge on any atom is -0.393 e. The Morgan fingerprint density at radius 3 is 1.75 bits per heavy atom. The number of hydrogen-bond donors (Lipinski definition) is 4. The van der Waals surface area contributed by atoms with E-state index in [-0.39, 0.29) is 42.8 Å². The predicted molar refractivity (Wildman–Crippen MR) is 202 cm³/mol. The Kier molecular flexibility index (Phi) is 12.9. The van der Waals surface area contributed by atoms with Crippen LogP contribution in [-0.4, -0.2) is 38.8 Å². The molecule has 0 aliphatic rings. The van der Waals surface area contributed by atoms with E-state index in [2.05, 4.69) is 10.6 Å². The minimum absolute atomic E-state index is 0.0210. The summed E-state index contributed by atoms with van der Waals surface area (Å²) in [6.07, 6.45) is -2.02. The summed E-state index contributed by atoms with van der Waals surface area (Å²) in [4.78, 5) is 27.1. The van der Waals surface area contributed by atoms with E-state index in [9.17, 15) is 24.2 Å². The highest BCUT2D eigenvalue weighted by Crippen LogP contribution is 2.42. The number of aromatic nitrogens is 1. The van der Waals surface area contributed by atoms with Crippen molar-refractivity contribution in [3.63, 3.8) is 0 Å². The molecule has 7 nitrogen and oxygen atoms in total. The minimum atomic E-state index is -1.08. The van der Waals surface area contributed by atoms with Gasteiger partial charge in [0.05, 0.1) is 29.9 Å². The van der Waals surface area contributed by atoms with Crippen molar-refractivity contribution in [3.05, 3.63) is 157 Å². The van der Waals surface area contributed by atoms with E-state index in [4.69, 9.17) is 0 Å². The molecule has 0 saturated heterocycles. The van der Waals surface area contributed by atoms with Crippen LogP contribution in [0.4, 0.5) is 15.8 Å². The molecule has 262 valence electrons. The van der Waals surface area contributed by atoms with Crippen LogP contribution in [-0.2, 0) is 11.3 Å². The number of nitrogens with one attached hydrogen (secondary N) is 2. The number of carbonyl (C=O) groups excluding carboxylic acids is 2. The van der Waals surface area contributed by atoms with Gasteiger partial charge in [0.1, 0.15) is 5.82 Å². The molecule has 0 radical (unpaired) electrons. The summed E-state index contributed by atoms with van der Waals surface area (Å²) in [6, 6.07) is 41.5. The van der Waals surface area contributed by atoms with Crippen LogP contribution >= 0.6 is 0 Å². The van der Waals surface area contributed by atoms with Crippen LogP contribution in [0.25, 0.3) is 22.4 Å². The summed E-state index contributed by atoms with van der Waals surface area (Å²) in [5.41, 5.74) is 5.45. The summed E-state index contributed by atoms with van der Waals surface area (Å²) < 4.78 is 16.2. The normalized spacial score (nSPS) is 12.1. The fourth-order valence-electron chi connectivity index (χ4n) is 6.21. The summed E-state index contributed by atoms with van der Waals surface area (Å²) in [7, 11) is 0. The first-order valence-corrected chi connectivity index (χ1v) is 17.2. The Morgan fingerprint density at radius 2 is 1.18 bits per heavy atom. The van der Waals surface area contributed by atoms with Gasteiger partial charge < -0.3 is 25.4 Å². The second-order valence-corrected chi connectivity index (χ2v) is 12.7. The first kappa shape index (κ1) is 36.7. The smallest absolute Gasteiger partial charge is 0.258 e. The van der Waals surface area contributed by atoms with Gasteiger partial charge in [0.25, 0.3) is 5.91 Å². The number of amides is 2. The molecule has 0 saturated carbocycles. The molecule has 0 spiro atoms. The molecule has 5 aromatic rings. The largest absolute Gasteiger partial charge is 0.393 e. The molecular formula is C43H44FN3O4. The van der Waals surface area contributed by atoms with Gasteiger partial charge in [-0.25, -0.2) is 4.39 Å². The third-order valence-corrected chi connectivity index (χ3v) is 8.44. The first-order chi connectivity index (χ1) is 24.7. The van der Waals surface area contributed by atoms with Crippen molar-refractivity contribution in [2.24, 2.45) is 0 Å². The van der Waals surface area contributed by atoms with Crippen molar-refractivity contribution in [3.8, 4) is 22.4 Å². The summed E-state index contributed by atoms with van der Waals surface area (Å²) in [6.45, 7) is 4.32. The standard InChI is InChI=1S/C43H44FN3O4/c1-30(2)41-40(43(51)46-35-20-14-9-15-21-35)39(31-16-10-8-11-17-31)42(32-22-24-33(44)25-23-32)47(41)27-26-36(48)28-37(49)29-38(50)45-34-18-12-6-4-3-5-7-13-19-34/h3-25,30,36-37,48-49H,26-29H2,1-2H3,(H,45,50)(H,46,51). The molecule has 0 aliphatic carbocycles. The van der Waals surface area contributed by atoms with Crippen LogP contribution in [0.15, 0.2) is 140 Å². The Morgan fingerprint density at radius 1 is 0.667 bits per heavy atom. The number of aliphatic hydroxyl groups excluding tert-OH is 2. The molecular weight excluding hydrogens is 641 g/mol. The maximum atomic E-state index is 14.3. The maximum Gasteiger partial charge on any atom is 0.258 e. The molecule has 0 bridgehead atoms. The third-order valence-electron chi connectivity index (χ3n) is 8.44. The number of nitrogens with zero attached hydrogens (tertiary/aromatic N) is 1. The lowest BCUT2D eigenvalue weighted by molar-refractivity contribution is -0.118. The predicted octanol–water partition coefficient (Wildman–Crippen LogP) is 8.99. The Bertz CT molecular complexity index is 1930. The van der Waals surface area contributed by atoms with E-state index in [0.717, 1.165) is 17.0 Å². The van der Waals surface area contributed by atoms with Gasteiger partial charge in [-0.1, -0.05) is 105 Å². The number of rotatable bonds is 13. The number of para-hydroxylation sites is 1. The summed E-state index contributed by atoms with van der Waals surface area (Å²) >= 11 is 0. The Hall–Kier alpha value is -5.57. The number of hydrogen-bond acceptors (Lipinski definition) is 4. The molecule has 8 heteroatoms. The van der Waals surface area contributed by atoms with Crippen LogP contribution in [0.5, 0.6) is 0 Å². The fraction of sp³-hybridized carbons (Fsp3) is 0.209. The zero-order valence-corrected chi connectivity index (χ0v) is 28.9. The molecule has 2 amide bonds. The van der Waals surface area contributed by atoms with Crippen molar-refractivity contribution in [1.82, 2.24) is 4.57 Å². The van der Waals surface area contributed by atoms with Crippen LogP contribution < -0.4 is 10.6 Å². The first-order valence-electron chi connectivity index (χ1n) is 17.2. The van der Waals surface area contributed by atoms with Crippen molar-refractivity contribution in [2.45, 2.75) is 57.8 Å². The van der Waals surface area contributed by atoms with E-state index in [1.807, 2.05) is 122 Å². The van der Waals surface area contributed by atoms with E-state index >= 15 is 0 Å². The topological polar surface area (TPSA) is 104 Å². The van der Waals surface area contributed by atoms with Crippen LogP contribution in [0.2, 0.25) is 0 Å². The molecule has 0 aliphatic heterocycles. The Labute approximate surface area is 298 Å². The lowest BCUT2D eigenvalue weighted by Gasteiger charge is -2.20. The van der Waals surface area contributed by atoms with Crippen LogP contribution in [0.1, 0.15) is 55.1 Å². The van der Waals surface area contributed by atoms with Gasteiger partial charge in [0.2, 0.25) is 5.91 Å². The molecule has 2 unspecified atom stereocenters. The number of anilines is 2. The average Bonchev–Trinajstić information content (AvgIpc) is 3.47. The van der Waals surface area contributed by atoms with E-state index in [1.165, 1.54) is 12.1 Å². The van der Waals surface area contributed by atoms with E-state index < -0.39 is 12.2 Å². The maximum absolute atomic E-state index is 14.3. The average molecular weight is 686 g/mol. The number of carbonyl (C=O) groups is 2. The van der Waals surface area contributed by atoms with E-state index in [1.54, 1.807) is 24.3 Å². The van der Waals surface area contributed by atoms with Crippen molar-refractivity contribution < 1.29 is 24.2 Å². The lowest BCUT2D eigenvalue weighted by Crippen LogP contribution is -2.25. The van der Waals surface area contributed by atoms with Crippen LogP contribution in [0, 0.1) is 5.82 Å². The van der Waals surface area contributed by atoms with Gasteiger partial charge in [0, 0.05) is 29.2 Å². The quantitative estimate of drug-likeness (QED) is 0.0994. The van der Waals surface area contributed by atoms with Gasteiger partial charge >= 0.3 is 0 Å². The van der Waals surface area contributed by atoms with Gasteiger partial charge in [0.15, 0.2) is 0 Å². The molecule has 1 aromatic heterocycles. The zero-order chi connectivity index (χ0) is 36.2. The van der Waals surface area contributed by atoms with Crippen molar-refractivity contribution in [1.29, 1.82) is 0 Å². The number of aliphatic hydroxyl groups is 2. The molecule has 2 atom stereocenters. The highest BCUT2D eigenvalue weighted by atomic mass is 19.1. The lowest BCUT2D eigenvalue weighted by atomic mass is 9.94. The SMILES string of the molecule is CC(C)c1c(C(=O)Nc2ccccc2)c(-c2ccccc2)c(-c2ccc(F)cc2)n1CCC(O)CC(O)CC(=O)Nc1ccccccccc1. The van der Waals surface area contributed by atoms with Gasteiger partial charge in [-0.05, 0) is 78.4 Å². The fourth-order valence-corrected chi connectivity index (χ4v) is 6.21. The zero-order valence-electron chi connectivity index (χ0n) is 28.9. The van der Waals surface area contributed by atoms with Crippen LogP contribution in [0.3, 0.4) is 0 Å². The summed E-state index contributed by atoms with van der Waals surface area (Å²) in [5, 5.41) is 27.9. The van der Waals surface area contributed by atoms with Crippen molar-refractivity contribution in [2.75, 3.05) is 10.6 Å². The van der Waals surface area contributed by atoms with Gasteiger partial charge in [-0.15, -0.1) is 0 Å². The Balaban J connectivity index is 1.44. The molecule has 4 aromatic carbocycles. The third kappa shape index (κ3) is 10.0. The monoisotopic (exact) mass is 685 g/mol. The molecule has 51 heavy (non-hydrogen) atoms. The molecule has 1 heterocycles.